The summed E-state index contributed by atoms with van der Waals surface area (Å²) in [7, 11) is -2.33. The largest absolute Gasteiger partial charge is 0.316 e. The predicted molar refractivity (Wildman–Crippen MR) is 129 cm³/mol. The van der Waals surface area contributed by atoms with Crippen LogP contribution >= 0.6 is 15.9 Å². The second-order valence-electron chi connectivity index (χ2n) is 7.68. The summed E-state index contributed by atoms with van der Waals surface area (Å²) >= 11 is 3.46. The summed E-state index contributed by atoms with van der Waals surface area (Å²) in [5.74, 6) is 0. The molecule has 32 heavy (non-hydrogen) atoms. The average Bonchev–Trinajstić information content (AvgIpc) is 3.22. The molecule has 0 aliphatic rings. The Kier molecular flexibility index (Phi) is 4.79. The Bertz CT molecular complexity index is 1680. The van der Waals surface area contributed by atoms with Crippen LogP contribution in [0.5, 0.6) is 0 Å². The molecule has 0 saturated carbocycles. The van der Waals surface area contributed by atoms with E-state index in [1.165, 1.54) is 10.8 Å². The molecule has 0 radical (unpaired) electrons. The van der Waals surface area contributed by atoms with Gasteiger partial charge in [-0.1, -0.05) is 39.7 Å². The molecule has 160 valence electrons. The van der Waals surface area contributed by atoms with Crippen molar-refractivity contribution in [3.8, 4) is 11.3 Å². The standard InChI is InChI=1S/C24H18BrN3O3S/c1-15-3-7-18(8-4-15)32(30,31)28-12-11-19-20(14-27(2)24(29)23(19)28)22-9-5-16-13-17(25)6-10-21(16)26-22/h3-14H,1-2H3. The molecule has 0 bridgehead atoms. The number of halogens is 1. The van der Waals surface area contributed by atoms with E-state index in [9.17, 15) is 13.2 Å². The highest BCUT2D eigenvalue weighted by atomic mass is 79.9. The van der Waals surface area contributed by atoms with Gasteiger partial charge < -0.3 is 4.57 Å². The van der Waals surface area contributed by atoms with Crippen molar-refractivity contribution < 1.29 is 8.42 Å². The molecule has 0 amide bonds. The van der Waals surface area contributed by atoms with E-state index < -0.39 is 15.6 Å². The summed E-state index contributed by atoms with van der Waals surface area (Å²) in [6.07, 6.45) is 3.13. The monoisotopic (exact) mass is 507 g/mol. The van der Waals surface area contributed by atoms with E-state index in [0.29, 0.717) is 16.6 Å². The van der Waals surface area contributed by atoms with Gasteiger partial charge in [-0.25, -0.2) is 17.4 Å². The minimum atomic E-state index is -3.94. The third kappa shape index (κ3) is 3.27. The van der Waals surface area contributed by atoms with Gasteiger partial charge in [-0.3, -0.25) is 4.79 Å². The van der Waals surface area contributed by atoms with Crippen LogP contribution in [-0.2, 0) is 17.1 Å². The first-order valence-corrected chi connectivity index (χ1v) is 12.1. The normalized spacial score (nSPS) is 12.0. The number of nitrogens with zero attached hydrogens (tertiary/aromatic N) is 3. The number of hydrogen-bond donors (Lipinski definition) is 0. The van der Waals surface area contributed by atoms with E-state index in [1.54, 1.807) is 43.6 Å². The van der Waals surface area contributed by atoms with Crippen molar-refractivity contribution in [3.63, 3.8) is 0 Å². The van der Waals surface area contributed by atoms with Crippen LogP contribution in [0.2, 0.25) is 0 Å². The first-order valence-electron chi connectivity index (χ1n) is 9.85. The summed E-state index contributed by atoms with van der Waals surface area (Å²) in [5, 5.41) is 1.51. The van der Waals surface area contributed by atoms with Crippen LogP contribution in [0, 0.1) is 6.92 Å². The molecule has 8 heteroatoms. The topological polar surface area (TPSA) is 74.0 Å². The molecule has 0 atom stereocenters. The lowest BCUT2D eigenvalue weighted by atomic mass is 10.1. The molecule has 0 aliphatic carbocycles. The summed E-state index contributed by atoms with van der Waals surface area (Å²) in [4.78, 5) is 17.9. The number of aryl methyl sites for hydroxylation is 2. The minimum absolute atomic E-state index is 0.100. The second-order valence-corrected chi connectivity index (χ2v) is 10.4. The van der Waals surface area contributed by atoms with Crippen LogP contribution in [-0.4, -0.2) is 21.9 Å². The molecule has 5 rings (SSSR count). The van der Waals surface area contributed by atoms with Gasteiger partial charge in [0.25, 0.3) is 15.6 Å². The molecule has 3 aromatic heterocycles. The number of rotatable bonds is 3. The maximum Gasteiger partial charge on any atom is 0.275 e. The van der Waals surface area contributed by atoms with E-state index >= 15 is 0 Å². The van der Waals surface area contributed by atoms with E-state index in [0.717, 1.165) is 24.9 Å². The van der Waals surface area contributed by atoms with E-state index in [4.69, 9.17) is 4.98 Å². The Morgan fingerprint density at radius 2 is 1.72 bits per heavy atom. The molecule has 5 aromatic rings. The zero-order valence-corrected chi connectivity index (χ0v) is 19.7. The molecule has 3 heterocycles. The molecule has 0 spiro atoms. The lowest BCUT2D eigenvalue weighted by Crippen LogP contribution is -2.22. The number of hydrogen-bond acceptors (Lipinski definition) is 4. The van der Waals surface area contributed by atoms with Crippen molar-refractivity contribution in [3.05, 3.63) is 93.4 Å². The average molecular weight is 508 g/mol. The number of benzene rings is 2. The molecule has 0 saturated heterocycles. The molecule has 0 unspecified atom stereocenters. The van der Waals surface area contributed by atoms with Crippen molar-refractivity contribution in [2.75, 3.05) is 0 Å². The Morgan fingerprint density at radius 3 is 2.47 bits per heavy atom. The van der Waals surface area contributed by atoms with Gasteiger partial charge in [-0.05, 0) is 49.4 Å². The highest BCUT2D eigenvalue weighted by Gasteiger charge is 2.23. The van der Waals surface area contributed by atoms with Crippen LogP contribution in [0.25, 0.3) is 33.1 Å². The van der Waals surface area contributed by atoms with Crippen molar-refractivity contribution in [2.24, 2.45) is 7.05 Å². The number of pyridine rings is 2. The van der Waals surface area contributed by atoms with Gasteiger partial charge >= 0.3 is 0 Å². The zero-order chi connectivity index (χ0) is 22.6. The van der Waals surface area contributed by atoms with Crippen LogP contribution < -0.4 is 5.56 Å². The summed E-state index contributed by atoms with van der Waals surface area (Å²) in [6.45, 7) is 1.89. The lowest BCUT2D eigenvalue weighted by molar-refractivity contribution is 0.589. The fourth-order valence-electron chi connectivity index (χ4n) is 3.80. The van der Waals surface area contributed by atoms with Gasteiger partial charge in [0.05, 0.1) is 16.1 Å². The lowest BCUT2D eigenvalue weighted by Gasteiger charge is -2.11. The van der Waals surface area contributed by atoms with Crippen LogP contribution in [0.3, 0.4) is 0 Å². The van der Waals surface area contributed by atoms with E-state index in [-0.39, 0.29) is 10.4 Å². The fraction of sp³-hybridized carbons (Fsp3) is 0.0833. The molecular formula is C24H18BrN3O3S. The van der Waals surface area contributed by atoms with Gasteiger partial charge in [0, 0.05) is 40.2 Å². The molecular weight excluding hydrogens is 490 g/mol. The van der Waals surface area contributed by atoms with Gasteiger partial charge in [-0.2, -0.15) is 0 Å². The van der Waals surface area contributed by atoms with Crippen molar-refractivity contribution in [1.29, 1.82) is 0 Å². The van der Waals surface area contributed by atoms with E-state index in [1.807, 2.05) is 37.3 Å². The van der Waals surface area contributed by atoms with Crippen LogP contribution in [0.15, 0.2) is 87.2 Å². The number of aromatic nitrogens is 3. The SMILES string of the molecule is Cc1ccc(S(=O)(=O)n2ccc3c(-c4ccc5cc(Br)ccc5n4)cn(C)c(=O)c32)cc1. The van der Waals surface area contributed by atoms with Crippen molar-refractivity contribution in [2.45, 2.75) is 11.8 Å². The van der Waals surface area contributed by atoms with Gasteiger partial charge in [0.1, 0.15) is 5.52 Å². The van der Waals surface area contributed by atoms with Gasteiger partial charge in [-0.15, -0.1) is 0 Å². The maximum absolute atomic E-state index is 13.3. The Hall–Kier alpha value is -3.23. The van der Waals surface area contributed by atoms with E-state index in [2.05, 4.69) is 15.9 Å². The first-order chi connectivity index (χ1) is 15.3. The molecule has 0 fully saturated rings. The van der Waals surface area contributed by atoms with Crippen molar-refractivity contribution >= 4 is 47.8 Å². The van der Waals surface area contributed by atoms with Crippen LogP contribution in [0.1, 0.15) is 5.56 Å². The third-order valence-corrected chi connectivity index (χ3v) is 7.68. The Labute approximate surface area is 192 Å². The second kappa shape index (κ2) is 7.43. The Balaban J connectivity index is 1.76. The number of fused-ring (bicyclic) bond motifs is 2. The molecule has 2 aromatic carbocycles. The maximum atomic E-state index is 13.3. The molecule has 0 aliphatic heterocycles. The quantitative estimate of drug-likeness (QED) is 0.349. The molecule has 6 nitrogen and oxygen atoms in total. The van der Waals surface area contributed by atoms with Crippen LogP contribution in [0.4, 0.5) is 0 Å². The third-order valence-electron chi connectivity index (χ3n) is 5.49. The Morgan fingerprint density at radius 1 is 0.969 bits per heavy atom. The predicted octanol–water partition coefficient (Wildman–Crippen LogP) is 4.86. The first kappa shape index (κ1) is 20.7. The van der Waals surface area contributed by atoms with Gasteiger partial charge in [0.15, 0.2) is 0 Å². The fourth-order valence-corrected chi connectivity index (χ4v) is 5.53. The summed E-state index contributed by atoms with van der Waals surface area (Å²) in [6, 6.07) is 17.9. The van der Waals surface area contributed by atoms with Crippen molar-refractivity contribution in [1.82, 2.24) is 13.5 Å². The summed E-state index contributed by atoms with van der Waals surface area (Å²) < 4.78 is 30.1. The highest BCUT2D eigenvalue weighted by Crippen LogP contribution is 2.30. The molecule has 0 N–H and O–H groups in total. The van der Waals surface area contributed by atoms with Gasteiger partial charge in [0.2, 0.25) is 0 Å². The smallest absolute Gasteiger partial charge is 0.275 e. The zero-order valence-electron chi connectivity index (χ0n) is 17.3. The highest BCUT2D eigenvalue weighted by molar-refractivity contribution is 9.10. The minimum Gasteiger partial charge on any atom is -0.316 e. The summed E-state index contributed by atoms with van der Waals surface area (Å²) in [5.41, 5.74) is 2.81.